The van der Waals surface area contributed by atoms with Crippen molar-refractivity contribution < 1.29 is 12.6 Å². The van der Waals surface area contributed by atoms with Crippen molar-refractivity contribution in [2.75, 3.05) is 19.4 Å². The summed E-state index contributed by atoms with van der Waals surface area (Å²) in [7, 11) is -5.20. The Labute approximate surface area is 183 Å². The zero-order chi connectivity index (χ0) is 22.0. The second-order valence-corrected chi connectivity index (χ2v) is 14.3. The fourth-order valence-corrected chi connectivity index (χ4v) is 7.36. The predicted octanol–water partition coefficient (Wildman–Crippen LogP) is 5.54. The number of aryl methyl sites for hydroxylation is 1. The van der Waals surface area contributed by atoms with E-state index in [2.05, 4.69) is 45.2 Å². The number of nitrogens with zero attached hydrogens (tertiary/aromatic N) is 1. The maximum atomic E-state index is 13.3. The average molecular weight is 448 g/mol. The van der Waals surface area contributed by atoms with Gasteiger partial charge in [-0.3, -0.25) is 0 Å². The second kappa shape index (κ2) is 8.87. The van der Waals surface area contributed by atoms with Gasteiger partial charge in [0.25, 0.3) is 0 Å². The molecule has 164 valence electrons. The van der Waals surface area contributed by atoms with Crippen molar-refractivity contribution in [3.8, 4) is 0 Å². The molecule has 2 unspecified atom stereocenters. The summed E-state index contributed by atoms with van der Waals surface area (Å²) >= 11 is 0. The third-order valence-electron chi connectivity index (χ3n) is 5.75. The average Bonchev–Trinajstić information content (AvgIpc) is 2.72. The van der Waals surface area contributed by atoms with E-state index in [1.54, 1.807) is 16.4 Å². The molecular formula is C24H33NO3S2. The van der Waals surface area contributed by atoms with E-state index in [4.69, 9.17) is 4.18 Å². The Bertz CT molecular complexity index is 979. The fraction of sp³-hybridized carbons (Fsp3) is 0.417. The van der Waals surface area contributed by atoms with Gasteiger partial charge in [0.05, 0.1) is 17.5 Å². The molecule has 3 rings (SSSR count). The first kappa shape index (κ1) is 23.1. The molecule has 0 saturated carbocycles. The van der Waals surface area contributed by atoms with E-state index in [1.165, 1.54) is 4.90 Å². The molecule has 0 N–H and O–H groups in total. The van der Waals surface area contributed by atoms with Gasteiger partial charge in [0.1, 0.15) is 0 Å². The molecule has 2 atom stereocenters. The SMILES string of the molecule is Cc1ccc(S(=O)(=O)N2CC=CCC2COS(C)(c2ccccc2)C(C)(C)C)cc1. The van der Waals surface area contributed by atoms with Crippen molar-refractivity contribution in [1.82, 2.24) is 4.31 Å². The minimum atomic E-state index is -3.58. The van der Waals surface area contributed by atoms with Gasteiger partial charge in [-0.25, -0.2) is 8.42 Å². The molecule has 0 radical (unpaired) electrons. The molecular weight excluding hydrogens is 414 g/mol. The first-order valence-electron chi connectivity index (χ1n) is 10.3. The van der Waals surface area contributed by atoms with Crippen LogP contribution < -0.4 is 0 Å². The van der Waals surface area contributed by atoms with Crippen molar-refractivity contribution in [2.24, 2.45) is 0 Å². The van der Waals surface area contributed by atoms with Gasteiger partial charge in [0, 0.05) is 16.2 Å². The van der Waals surface area contributed by atoms with Gasteiger partial charge in [-0.05, 0) is 43.9 Å². The monoisotopic (exact) mass is 447 g/mol. The highest BCUT2D eigenvalue weighted by atomic mass is 32.3. The van der Waals surface area contributed by atoms with Gasteiger partial charge in [0.15, 0.2) is 0 Å². The van der Waals surface area contributed by atoms with Crippen molar-refractivity contribution in [3.63, 3.8) is 0 Å². The topological polar surface area (TPSA) is 46.6 Å². The molecule has 0 bridgehead atoms. The third-order valence-corrected chi connectivity index (χ3v) is 11.8. The number of sulfonamides is 1. The number of rotatable bonds is 6. The highest BCUT2D eigenvalue weighted by Gasteiger charge is 2.38. The molecule has 2 aromatic carbocycles. The lowest BCUT2D eigenvalue weighted by Crippen LogP contribution is -2.45. The van der Waals surface area contributed by atoms with Crippen LogP contribution >= 0.6 is 10.3 Å². The third kappa shape index (κ3) is 4.67. The lowest BCUT2D eigenvalue weighted by Gasteiger charge is -2.48. The number of hydrogen-bond acceptors (Lipinski definition) is 3. The van der Waals surface area contributed by atoms with E-state index in [0.717, 1.165) is 5.56 Å². The number of hydrogen-bond donors (Lipinski definition) is 0. The van der Waals surface area contributed by atoms with Crippen molar-refractivity contribution in [2.45, 2.75) is 54.7 Å². The van der Waals surface area contributed by atoms with Gasteiger partial charge in [-0.1, -0.05) is 68.8 Å². The van der Waals surface area contributed by atoms with Crippen LogP contribution in [0.4, 0.5) is 0 Å². The minimum Gasteiger partial charge on any atom is -0.330 e. The summed E-state index contributed by atoms with van der Waals surface area (Å²) in [5.41, 5.74) is 1.04. The van der Waals surface area contributed by atoms with Crippen LogP contribution in [0.15, 0.2) is 76.5 Å². The first-order chi connectivity index (χ1) is 14.1. The predicted molar refractivity (Wildman–Crippen MR) is 127 cm³/mol. The summed E-state index contributed by atoms with van der Waals surface area (Å²) in [6.07, 6.45) is 6.82. The Morgan fingerprint density at radius 3 is 2.20 bits per heavy atom. The highest BCUT2D eigenvalue weighted by molar-refractivity contribution is 8.30. The Morgan fingerprint density at radius 1 is 0.967 bits per heavy atom. The van der Waals surface area contributed by atoms with E-state index in [9.17, 15) is 8.42 Å². The summed E-state index contributed by atoms with van der Waals surface area (Å²) in [5, 5.41) is 0. The smallest absolute Gasteiger partial charge is 0.243 e. The first-order valence-corrected chi connectivity index (χ1v) is 13.7. The van der Waals surface area contributed by atoms with Gasteiger partial charge in [-0.2, -0.15) is 4.31 Å². The lowest BCUT2D eigenvalue weighted by atomic mass is 10.1. The van der Waals surface area contributed by atoms with Crippen LogP contribution in [0.5, 0.6) is 0 Å². The van der Waals surface area contributed by atoms with Crippen LogP contribution in [0.3, 0.4) is 0 Å². The maximum Gasteiger partial charge on any atom is 0.243 e. The molecule has 0 aliphatic carbocycles. The Kier molecular flexibility index (Phi) is 6.82. The largest absolute Gasteiger partial charge is 0.330 e. The Morgan fingerprint density at radius 2 is 1.60 bits per heavy atom. The van der Waals surface area contributed by atoms with Gasteiger partial charge < -0.3 is 4.18 Å². The Balaban J connectivity index is 1.87. The minimum absolute atomic E-state index is 0.0838. The lowest BCUT2D eigenvalue weighted by molar-refractivity contribution is 0.221. The van der Waals surface area contributed by atoms with E-state index in [1.807, 2.05) is 43.3 Å². The quantitative estimate of drug-likeness (QED) is 0.546. The van der Waals surface area contributed by atoms with E-state index >= 15 is 0 Å². The van der Waals surface area contributed by atoms with Crippen LogP contribution in [0.2, 0.25) is 0 Å². The molecule has 4 nitrogen and oxygen atoms in total. The summed E-state index contributed by atoms with van der Waals surface area (Å²) in [6, 6.07) is 17.1. The van der Waals surface area contributed by atoms with Gasteiger partial charge >= 0.3 is 0 Å². The summed E-state index contributed by atoms with van der Waals surface area (Å²) in [4.78, 5) is 1.51. The van der Waals surface area contributed by atoms with Gasteiger partial charge in [-0.15, -0.1) is 10.3 Å². The van der Waals surface area contributed by atoms with Gasteiger partial charge in [0.2, 0.25) is 10.0 Å². The molecule has 0 saturated heterocycles. The maximum absolute atomic E-state index is 13.3. The van der Waals surface area contributed by atoms with E-state index < -0.39 is 20.3 Å². The molecule has 0 aromatic heterocycles. The van der Waals surface area contributed by atoms with Crippen LogP contribution in [-0.4, -0.2) is 42.9 Å². The van der Waals surface area contributed by atoms with Crippen molar-refractivity contribution in [1.29, 1.82) is 0 Å². The summed E-state index contributed by atoms with van der Waals surface area (Å²) < 4.78 is 34.8. The number of benzene rings is 2. The van der Waals surface area contributed by atoms with Crippen molar-refractivity contribution >= 4 is 20.3 Å². The second-order valence-electron chi connectivity index (χ2n) is 8.80. The van der Waals surface area contributed by atoms with Crippen LogP contribution in [0.25, 0.3) is 0 Å². The Hall–Kier alpha value is -1.60. The summed E-state index contributed by atoms with van der Waals surface area (Å²) in [5.74, 6) is 0. The molecule has 6 heteroatoms. The molecule has 1 aliphatic rings. The van der Waals surface area contributed by atoms with Crippen LogP contribution in [0.1, 0.15) is 32.8 Å². The fourth-order valence-electron chi connectivity index (χ4n) is 3.48. The summed E-state index contributed by atoms with van der Waals surface area (Å²) in [6.45, 7) is 9.27. The highest BCUT2D eigenvalue weighted by Crippen LogP contribution is 2.63. The molecule has 1 aliphatic heterocycles. The van der Waals surface area contributed by atoms with Crippen LogP contribution in [-0.2, 0) is 14.2 Å². The van der Waals surface area contributed by atoms with Crippen LogP contribution in [0, 0.1) is 6.92 Å². The molecule has 0 amide bonds. The molecule has 30 heavy (non-hydrogen) atoms. The normalized spacial score (nSPS) is 21.2. The zero-order valence-corrected chi connectivity index (χ0v) is 20.2. The molecule has 0 spiro atoms. The standard InChI is InChI=1S/C24H33NO3S2/c1-20-14-16-23(17-15-20)30(26,27)25-18-10-9-11-21(25)19-28-29(5,24(2,3)4)22-12-7-6-8-13-22/h6-10,12-17,21H,11,18-19H2,1-5H3. The van der Waals surface area contributed by atoms with E-state index in [-0.39, 0.29) is 10.8 Å². The van der Waals surface area contributed by atoms with E-state index in [0.29, 0.717) is 24.5 Å². The molecule has 2 aromatic rings. The zero-order valence-electron chi connectivity index (χ0n) is 18.5. The molecule has 0 fully saturated rings. The molecule has 1 heterocycles. The van der Waals surface area contributed by atoms with Crippen molar-refractivity contribution in [3.05, 3.63) is 72.3 Å².